The van der Waals surface area contributed by atoms with Gasteiger partial charge < -0.3 is 14.4 Å². The molecule has 7 nitrogen and oxygen atoms in total. The van der Waals surface area contributed by atoms with Gasteiger partial charge in [0.2, 0.25) is 0 Å². The molecule has 0 saturated carbocycles. The maximum absolute atomic E-state index is 12.3. The molecule has 5 rings (SSSR count). The zero-order valence-electron chi connectivity index (χ0n) is 17.5. The van der Waals surface area contributed by atoms with E-state index in [0.717, 1.165) is 55.2 Å². The Morgan fingerprint density at radius 3 is 2.90 bits per heavy atom. The fourth-order valence-corrected chi connectivity index (χ4v) is 6.48. The Kier molecular flexibility index (Phi) is 5.54. The van der Waals surface area contributed by atoms with Crippen LogP contribution in [-0.2, 0) is 17.9 Å². The molecule has 0 amide bonds. The number of benzene rings is 1. The molecule has 1 aromatic heterocycles. The van der Waals surface area contributed by atoms with Crippen LogP contribution in [0.2, 0.25) is 0 Å². The first kappa shape index (κ1) is 20.6. The SMILES string of the molecule is COc1ccc([C@@H]2N[C@@H](C(=O)O)CS2)cc1CN1C[C@@H]2C[C@H](C1)c1cccc(=O)n1C2. The van der Waals surface area contributed by atoms with Crippen molar-refractivity contribution in [2.75, 3.05) is 26.0 Å². The number of hydrogen-bond donors (Lipinski definition) is 2. The highest BCUT2D eigenvalue weighted by molar-refractivity contribution is 7.99. The smallest absolute Gasteiger partial charge is 0.321 e. The lowest BCUT2D eigenvalue weighted by atomic mass is 9.83. The normalized spacial score (nSPS) is 27.6. The lowest BCUT2D eigenvalue weighted by Crippen LogP contribution is -2.46. The van der Waals surface area contributed by atoms with Gasteiger partial charge in [0.1, 0.15) is 11.8 Å². The molecule has 4 atom stereocenters. The number of methoxy groups -OCH3 is 1. The molecule has 2 saturated heterocycles. The van der Waals surface area contributed by atoms with Crippen molar-refractivity contribution < 1.29 is 14.6 Å². The van der Waals surface area contributed by atoms with Crippen molar-refractivity contribution >= 4 is 17.7 Å². The third-order valence-electron chi connectivity index (χ3n) is 6.64. The van der Waals surface area contributed by atoms with Gasteiger partial charge in [0.15, 0.2) is 0 Å². The zero-order chi connectivity index (χ0) is 21.5. The molecule has 2 fully saturated rings. The van der Waals surface area contributed by atoms with Crippen molar-refractivity contribution in [3.05, 3.63) is 63.6 Å². The monoisotopic (exact) mass is 441 g/mol. The summed E-state index contributed by atoms with van der Waals surface area (Å²) in [6.45, 7) is 3.45. The maximum Gasteiger partial charge on any atom is 0.321 e. The van der Waals surface area contributed by atoms with Crippen LogP contribution in [0.15, 0.2) is 41.2 Å². The number of nitrogens with zero attached hydrogens (tertiary/aromatic N) is 2. The molecule has 2 bridgehead atoms. The van der Waals surface area contributed by atoms with Gasteiger partial charge in [-0.2, -0.15) is 0 Å². The topological polar surface area (TPSA) is 83.8 Å². The number of ether oxygens (including phenoxy) is 1. The highest BCUT2D eigenvalue weighted by Gasteiger charge is 2.35. The average molecular weight is 442 g/mol. The Bertz CT molecular complexity index is 1060. The summed E-state index contributed by atoms with van der Waals surface area (Å²) < 4.78 is 7.59. The van der Waals surface area contributed by atoms with Crippen LogP contribution in [0.4, 0.5) is 0 Å². The Hall–Kier alpha value is -2.29. The first-order valence-electron chi connectivity index (χ1n) is 10.7. The number of aliphatic carboxylic acids is 1. The number of pyridine rings is 1. The minimum Gasteiger partial charge on any atom is -0.496 e. The van der Waals surface area contributed by atoms with Crippen molar-refractivity contribution in [2.24, 2.45) is 5.92 Å². The number of likely N-dealkylation sites (tertiary alicyclic amines) is 1. The van der Waals surface area contributed by atoms with E-state index in [1.807, 2.05) is 22.8 Å². The van der Waals surface area contributed by atoms with Crippen LogP contribution in [0.3, 0.4) is 0 Å². The van der Waals surface area contributed by atoms with Crippen LogP contribution in [0.5, 0.6) is 5.75 Å². The minimum absolute atomic E-state index is 0.0229. The summed E-state index contributed by atoms with van der Waals surface area (Å²) in [5.41, 5.74) is 3.46. The van der Waals surface area contributed by atoms with E-state index in [9.17, 15) is 14.7 Å². The van der Waals surface area contributed by atoms with E-state index in [2.05, 4.69) is 22.3 Å². The molecular weight excluding hydrogens is 414 g/mol. The lowest BCUT2D eigenvalue weighted by molar-refractivity contribution is -0.138. The van der Waals surface area contributed by atoms with E-state index in [1.165, 1.54) is 0 Å². The molecule has 3 aliphatic heterocycles. The third kappa shape index (κ3) is 4.00. The van der Waals surface area contributed by atoms with Gasteiger partial charge in [-0.05, 0) is 36.1 Å². The first-order valence-corrected chi connectivity index (χ1v) is 11.8. The molecule has 3 aliphatic rings. The average Bonchev–Trinajstić information content (AvgIpc) is 3.25. The van der Waals surface area contributed by atoms with Gasteiger partial charge in [0.25, 0.3) is 5.56 Å². The Balaban J connectivity index is 1.35. The number of nitrogens with one attached hydrogen (secondary N) is 1. The second kappa shape index (κ2) is 8.33. The number of carboxylic acids is 1. The number of rotatable bonds is 5. The second-order valence-corrected chi connectivity index (χ2v) is 9.87. The standard InChI is InChI=1S/C23H27N3O4S/c1-30-20-6-5-15(22-24-18(13-31-22)23(28)29)8-17(20)12-25-9-14-7-16(11-25)19-3-2-4-21(27)26(19)10-14/h2-6,8,14,16,18,22,24H,7,9-13H2,1H3,(H,28,29)/t14-,16+,18+,22+/m0/s1. The molecule has 164 valence electrons. The molecule has 2 aromatic rings. The summed E-state index contributed by atoms with van der Waals surface area (Å²) >= 11 is 1.63. The van der Waals surface area contributed by atoms with Gasteiger partial charge in [0, 0.05) is 55.2 Å². The number of thioether (sulfide) groups is 1. The zero-order valence-corrected chi connectivity index (χ0v) is 18.3. The van der Waals surface area contributed by atoms with E-state index in [-0.39, 0.29) is 10.9 Å². The van der Waals surface area contributed by atoms with E-state index >= 15 is 0 Å². The fourth-order valence-electron chi connectivity index (χ4n) is 5.26. The van der Waals surface area contributed by atoms with Crippen molar-refractivity contribution in [1.29, 1.82) is 0 Å². The number of fused-ring (bicyclic) bond motifs is 4. The van der Waals surface area contributed by atoms with E-state index < -0.39 is 12.0 Å². The summed E-state index contributed by atoms with van der Waals surface area (Å²) in [5, 5.41) is 12.5. The number of piperidine rings is 1. The Labute approximate surface area is 185 Å². The third-order valence-corrected chi connectivity index (χ3v) is 7.90. The lowest BCUT2D eigenvalue weighted by Gasteiger charge is -2.43. The van der Waals surface area contributed by atoms with Gasteiger partial charge in [-0.3, -0.25) is 19.8 Å². The molecule has 0 unspecified atom stereocenters. The highest BCUT2D eigenvalue weighted by Crippen LogP contribution is 2.38. The van der Waals surface area contributed by atoms with E-state index in [0.29, 0.717) is 17.6 Å². The van der Waals surface area contributed by atoms with Gasteiger partial charge in [-0.15, -0.1) is 11.8 Å². The first-order chi connectivity index (χ1) is 15.0. The molecule has 1 aromatic carbocycles. The number of hydrogen-bond acceptors (Lipinski definition) is 6. The predicted octanol–water partition coefficient (Wildman–Crippen LogP) is 2.26. The Morgan fingerprint density at radius 1 is 1.26 bits per heavy atom. The molecule has 8 heteroatoms. The van der Waals surface area contributed by atoms with Crippen LogP contribution in [0.25, 0.3) is 0 Å². The van der Waals surface area contributed by atoms with Gasteiger partial charge in [0.05, 0.1) is 12.5 Å². The quantitative estimate of drug-likeness (QED) is 0.736. The summed E-state index contributed by atoms with van der Waals surface area (Å²) in [7, 11) is 1.69. The van der Waals surface area contributed by atoms with Gasteiger partial charge >= 0.3 is 5.97 Å². The molecule has 0 spiro atoms. The van der Waals surface area contributed by atoms with Crippen molar-refractivity contribution in [2.45, 2.75) is 36.8 Å². The van der Waals surface area contributed by atoms with Crippen LogP contribution < -0.4 is 15.6 Å². The molecule has 2 N–H and O–H groups in total. The van der Waals surface area contributed by atoms with Crippen molar-refractivity contribution in [3.63, 3.8) is 0 Å². The molecule has 4 heterocycles. The summed E-state index contributed by atoms with van der Waals surface area (Å²) in [6.07, 6.45) is 1.14. The van der Waals surface area contributed by atoms with Crippen molar-refractivity contribution in [3.8, 4) is 5.75 Å². The molecule has 0 aliphatic carbocycles. The fraction of sp³-hybridized carbons (Fsp3) is 0.478. The minimum atomic E-state index is -0.803. The molecule has 0 radical (unpaired) electrons. The van der Waals surface area contributed by atoms with Crippen LogP contribution >= 0.6 is 11.8 Å². The van der Waals surface area contributed by atoms with Gasteiger partial charge in [-0.1, -0.05) is 12.1 Å². The van der Waals surface area contributed by atoms with E-state index in [4.69, 9.17) is 4.74 Å². The predicted molar refractivity (Wildman–Crippen MR) is 120 cm³/mol. The number of aromatic nitrogens is 1. The number of carbonyl (C=O) groups is 1. The molecular formula is C23H27N3O4S. The van der Waals surface area contributed by atoms with Crippen LogP contribution in [0.1, 0.15) is 34.5 Å². The van der Waals surface area contributed by atoms with Crippen LogP contribution in [0, 0.1) is 5.92 Å². The summed E-state index contributed by atoms with van der Waals surface area (Å²) in [5.74, 6) is 1.47. The highest BCUT2D eigenvalue weighted by atomic mass is 32.2. The Morgan fingerprint density at radius 2 is 2.13 bits per heavy atom. The second-order valence-electron chi connectivity index (χ2n) is 8.73. The summed E-state index contributed by atoms with van der Waals surface area (Å²) in [6, 6.07) is 11.3. The molecule has 31 heavy (non-hydrogen) atoms. The van der Waals surface area contributed by atoms with Gasteiger partial charge in [-0.25, -0.2) is 0 Å². The van der Waals surface area contributed by atoms with Crippen molar-refractivity contribution in [1.82, 2.24) is 14.8 Å². The number of carboxylic acid groups (broad SMARTS) is 1. The maximum atomic E-state index is 12.3. The summed E-state index contributed by atoms with van der Waals surface area (Å²) in [4.78, 5) is 26.0. The van der Waals surface area contributed by atoms with Crippen LogP contribution in [-0.4, -0.2) is 52.5 Å². The largest absolute Gasteiger partial charge is 0.496 e. The van der Waals surface area contributed by atoms with E-state index in [1.54, 1.807) is 24.9 Å².